The number of carbonyl (C=O) groups excluding carboxylic acids is 1. The van der Waals surface area contributed by atoms with Gasteiger partial charge >= 0.3 is 11.5 Å². The Hall–Kier alpha value is -1.67. The first kappa shape index (κ1) is 17.7. The summed E-state index contributed by atoms with van der Waals surface area (Å²) in [5, 5.41) is 5.24. The van der Waals surface area contributed by atoms with Crippen molar-refractivity contribution < 1.29 is 18.0 Å². The summed E-state index contributed by atoms with van der Waals surface area (Å²) < 4.78 is 37.6. The molecule has 2 N–H and O–H groups in total. The molecule has 0 saturated heterocycles. The maximum Gasteiger partial charge on any atom is 0.446 e. The highest BCUT2D eigenvalue weighted by Crippen LogP contribution is 2.36. The number of thioether (sulfide) groups is 1. The topological polar surface area (TPSA) is 41.1 Å². The molecule has 2 amide bonds. The molecule has 0 aliphatic heterocycles. The van der Waals surface area contributed by atoms with Crippen LogP contribution in [0.15, 0.2) is 57.9 Å². The third-order valence-corrected chi connectivity index (χ3v) is 3.92. The lowest BCUT2D eigenvalue weighted by Gasteiger charge is -2.09. The molecular formula is C15H12BrF3N2OS. The molecule has 0 aliphatic carbocycles. The average molecular weight is 405 g/mol. The number of hydrogen-bond acceptors (Lipinski definition) is 2. The Bertz CT molecular complexity index is 677. The smallest absolute Gasteiger partial charge is 0.334 e. The molecule has 0 saturated carbocycles. The second-order valence-corrected chi connectivity index (χ2v) is 6.56. The van der Waals surface area contributed by atoms with Gasteiger partial charge in [-0.15, -0.1) is 0 Å². The van der Waals surface area contributed by atoms with Crippen LogP contribution < -0.4 is 10.6 Å². The number of benzene rings is 2. The predicted molar refractivity (Wildman–Crippen MR) is 88.4 cm³/mol. The van der Waals surface area contributed by atoms with Crippen LogP contribution in [0.2, 0.25) is 0 Å². The van der Waals surface area contributed by atoms with E-state index in [1.165, 1.54) is 24.3 Å². The number of nitrogens with one attached hydrogen (secondary N) is 2. The van der Waals surface area contributed by atoms with E-state index >= 15 is 0 Å². The fraction of sp³-hybridized carbons (Fsp3) is 0.133. The normalized spacial score (nSPS) is 11.1. The van der Waals surface area contributed by atoms with Gasteiger partial charge in [0.2, 0.25) is 0 Å². The second kappa shape index (κ2) is 7.74. The Kier molecular flexibility index (Phi) is 5.95. The molecule has 3 nitrogen and oxygen atoms in total. The van der Waals surface area contributed by atoms with Gasteiger partial charge in [-0.1, -0.05) is 28.1 Å². The van der Waals surface area contributed by atoms with Crippen molar-refractivity contribution >= 4 is 39.4 Å². The van der Waals surface area contributed by atoms with Crippen molar-refractivity contribution in [1.82, 2.24) is 5.32 Å². The van der Waals surface area contributed by atoms with Crippen LogP contribution in [-0.2, 0) is 6.54 Å². The third-order valence-electron chi connectivity index (χ3n) is 2.69. The predicted octanol–water partition coefficient (Wildman–Crippen LogP) is 5.38. The van der Waals surface area contributed by atoms with Gasteiger partial charge in [0.15, 0.2) is 0 Å². The first-order valence-electron chi connectivity index (χ1n) is 6.47. The van der Waals surface area contributed by atoms with Gasteiger partial charge in [-0.25, -0.2) is 4.79 Å². The summed E-state index contributed by atoms with van der Waals surface area (Å²) >= 11 is 3.14. The zero-order valence-corrected chi connectivity index (χ0v) is 14.1. The summed E-state index contributed by atoms with van der Waals surface area (Å²) in [6.07, 6.45) is 0. The monoisotopic (exact) mass is 404 g/mol. The van der Waals surface area contributed by atoms with Crippen LogP contribution in [-0.4, -0.2) is 11.5 Å². The Labute approximate surface area is 143 Å². The lowest BCUT2D eigenvalue weighted by atomic mass is 10.2. The number of urea groups is 1. The minimum Gasteiger partial charge on any atom is -0.334 e. The van der Waals surface area contributed by atoms with Gasteiger partial charge in [0, 0.05) is 21.6 Å². The van der Waals surface area contributed by atoms with Crippen molar-refractivity contribution in [1.29, 1.82) is 0 Å². The zero-order valence-electron chi connectivity index (χ0n) is 11.7. The van der Waals surface area contributed by atoms with E-state index < -0.39 is 11.5 Å². The Balaban J connectivity index is 1.85. The molecule has 0 atom stereocenters. The average Bonchev–Trinajstić information content (AvgIpc) is 2.46. The molecular weight excluding hydrogens is 393 g/mol. The van der Waals surface area contributed by atoms with Gasteiger partial charge in [-0.3, -0.25) is 0 Å². The first-order chi connectivity index (χ1) is 10.8. The molecule has 122 valence electrons. The van der Waals surface area contributed by atoms with Crippen molar-refractivity contribution in [2.45, 2.75) is 16.9 Å². The van der Waals surface area contributed by atoms with E-state index in [1.54, 1.807) is 0 Å². The van der Waals surface area contributed by atoms with E-state index in [1.807, 2.05) is 24.3 Å². The Morgan fingerprint density at radius 3 is 2.43 bits per heavy atom. The number of hydrogen-bond donors (Lipinski definition) is 2. The van der Waals surface area contributed by atoms with Crippen LogP contribution in [0.3, 0.4) is 0 Å². The van der Waals surface area contributed by atoms with E-state index in [0.717, 1.165) is 10.0 Å². The van der Waals surface area contributed by atoms with Crippen LogP contribution in [0.5, 0.6) is 0 Å². The number of halogens is 4. The molecule has 0 aliphatic rings. The van der Waals surface area contributed by atoms with Crippen LogP contribution in [0.4, 0.5) is 23.7 Å². The van der Waals surface area contributed by atoms with Crippen LogP contribution in [0.1, 0.15) is 5.56 Å². The van der Waals surface area contributed by atoms with E-state index in [2.05, 4.69) is 26.6 Å². The number of anilines is 1. The van der Waals surface area contributed by atoms with Gasteiger partial charge < -0.3 is 10.6 Å². The summed E-state index contributed by atoms with van der Waals surface area (Å²) in [6.45, 7) is 0.341. The molecule has 8 heteroatoms. The second-order valence-electron chi connectivity index (χ2n) is 4.51. The number of alkyl halides is 3. The highest BCUT2D eigenvalue weighted by Gasteiger charge is 2.28. The fourth-order valence-electron chi connectivity index (χ4n) is 1.74. The lowest BCUT2D eigenvalue weighted by Crippen LogP contribution is -2.28. The molecule has 0 spiro atoms. The maximum absolute atomic E-state index is 12.2. The Morgan fingerprint density at radius 2 is 1.83 bits per heavy atom. The van der Waals surface area contributed by atoms with Gasteiger partial charge in [-0.05, 0) is 53.7 Å². The molecule has 0 radical (unpaired) electrons. The minimum atomic E-state index is -4.32. The van der Waals surface area contributed by atoms with Gasteiger partial charge in [0.25, 0.3) is 0 Å². The number of amides is 2. The van der Waals surface area contributed by atoms with Crippen LogP contribution >= 0.6 is 27.7 Å². The molecule has 0 bridgehead atoms. The summed E-state index contributed by atoms with van der Waals surface area (Å²) in [4.78, 5) is 11.8. The van der Waals surface area contributed by atoms with E-state index in [9.17, 15) is 18.0 Å². The van der Waals surface area contributed by atoms with E-state index in [0.29, 0.717) is 12.2 Å². The summed E-state index contributed by atoms with van der Waals surface area (Å²) in [6, 6.07) is 12.5. The van der Waals surface area contributed by atoms with Crippen molar-refractivity contribution in [3.05, 3.63) is 58.6 Å². The SMILES string of the molecule is O=C(NCc1cccc(Br)c1)Nc1ccc(SC(F)(F)F)cc1. The molecule has 0 unspecified atom stereocenters. The van der Waals surface area contributed by atoms with Gasteiger partial charge in [0.05, 0.1) is 0 Å². The van der Waals surface area contributed by atoms with Crippen LogP contribution in [0, 0.1) is 0 Å². The summed E-state index contributed by atoms with van der Waals surface area (Å²) in [5.74, 6) is 0. The van der Waals surface area contributed by atoms with E-state index in [4.69, 9.17) is 0 Å². The molecule has 23 heavy (non-hydrogen) atoms. The number of rotatable bonds is 4. The fourth-order valence-corrected chi connectivity index (χ4v) is 2.73. The zero-order chi connectivity index (χ0) is 16.9. The molecule has 0 fully saturated rings. The molecule has 2 aromatic carbocycles. The van der Waals surface area contributed by atoms with Crippen molar-refractivity contribution in [2.24, 2.45) is 0 Å². The molecule has 0 heterocycles. The third kappa shape index (κ3) is 6.54. The van der Waals surface area contributed by atoms with Crippen molar-refractivity contribution in [3.63, 3.8) is 0 Å². The highest BCUT2D eigenvalue weighted by molar-refractivity contribution is 9.10. The van der Waals surface area contributed by atoms with Crippen LogP contribution in [0.25, 0.3) is 0 Å². The highest BCUT2D eigenvalue weighted by atomic mass is 79.9. The lowest BCUT2D eigenvalue weighted by molar-refractivity contribution is -0.0328. The largest absolute Gasteiger partial charge is 0.446 e. The molecule has 2 rings (SSSR count). The van der Waals surface area contributed by atoms with Gasteiger partial charge in [0.1, 0.15) is 0 Å². The summed E-state index contributed by atoms with van der Waals surface area (Å²) in [7, 11) is 0. The Morgan fingerprint density at radius 1 is 1.13 bits per heavy atom. The quantitative estimate of drug-likeness (QED) is 0.671. The molecule has 0 aromatic heterocycles. The maximum atomic E-state index is 12.2. The minimum absolute atomic E-state index is 0.0672. The van der Waals surface area contributed by atoms with Crippen molar-refractivity contribution in [3.8, 4) is 0 Å². The van der Waals surface area contributed by atoms with E-state index in [-0.39, 0.29) is 16.7 Å². The number of carbonyl (C=O) groups is 1. The van der Waals surface area contributed by atoms with Gasteiger partial charge in [-0.2, -0.15) is 13.2 Å². The molecule has 2 aromatic rings. The van der Waals surface area contributed by atoms with Crippen molar-refractivity contribution in [2.75, 3.05) is 5.32 Å². The summed E-state index contributed by atoms with van der Waals surface area (Å²) in [5.41, 5.74) is -2.98. The first-order valence-corrected chi connectivity index (χ1v) is 8.08. The standard InChI is InChI=1S/C15H12BrF3N2OS/c16-11-3-1-2-10(8-11)9-20-14(22)21-12-4-6-13(7-5-12)23-15(17,18)19/h1-8H,9H2,(H2,20,21,22).